The smallest absolute Gasteiger partial charge is 0.0241 e. The Morgan fingerprint density at radius 2 is 2.00 bits per heavy atom. The van der Waals surface area contributed by atoms with E-state index in [4.69, 9.17) is 0 Å². The molecule has 1 rings (SSSR count). The normalized spacial score (nSPS) is 31.4. The quantitative estimate of drug-likeness (QED) is 0.558. The molecule has 0 amide bonds. The molecule has 1 aliphatic rings. The molecule has 0 saturated carbocycles. The van der Waals surface area contributed by atoms with Crippen molar-refractivity contribution in [3.05, 3.63) is 0 Å². The van der Waals surface area contributed by atoms with Crippen molar-refractivity contribution >= 4 is 12.6 Å². The summed E-state index contributed by atoms with van der Waals surface area (Å²) in [6.45, 7) is 9.03. The fourth-order valence-corrected chi connectivity index (χ4v) is 1.97. The molecule has 2 nitrogen and oxygen atoms in total. The van der Waals surface area contributed by atoms with Gasteiger partial charge in [-0.25, -0.2) is 0 Å². The predicted molar refractivity (Wildman–Crippen MR) is 61.5 cm³/mol. The fraction of sp³-hybridized carbons (Fsp3) is 1.00. The Labute approximate surface area is 87.3 Å². The van der Waals surface area contributed by atoms with E-state index < -0.39 is 0 Å². The molecule has 2 atom stereocenters. The molecule has 0 unspecified atom stereocenters. The Morgan fingerprint density at radius 1 is 1.31 bits per heavy atom. The molecule has 0 radical (unpaired) electrons. The van der Waals surface area contributed by atoms with Gasteiger partial charge in [0.1, 0.15) is 0 Å². The van der Waals surface area contributed by atoms with Crippen LogP contribution in [0.1, 0.15) is 27.2 Å². The van der Waals surface area contributed by atoms with Crippen LogP contribution < -0.4 is 10.6 Å². The minimum Gasteiger partial charge on any atom is -0.312 e. The molecule has 78 valence electrons. The van der Waals surface area contributed by atoms with Gasteiger partial charge in [0.15, 0.2) is 0 Å². The maximum Gasteiger partial charge on any atom is 0.0241 e. The van der Waals surface area contributed by atoms with Gasteiger partial charge in [0, 0.05) is 24.4 Å². The average Bonchev–Trinajstić information content (AvgIpc) is 2.26. The molecule has 1 heterocycles. The standard InChI is InChI=1S/C10H22N2S/c1-10(2,3)9-6-12-8(7-13)4-5-11-9/h8-9,11-13H,4-7H2,1-3H3/t8-,9+/m0/s1. The Balaban J connectivity index is 2.45. The van der Waals surface area contributed by atoms with E-state index in [0.29, 0.717) is 17.5 Å². The van der Waals surface area contributed by atoms with E-state index in [2.05, 4.69) is 44.0 Å². The molecular formula is C10H22N2S. The van der Waals surface area contributed by atoms with Gasteiger partial charge in [0.2, 0.25) is 0 Å². The SMILES string of the molecule is CC(C)(C)[C@H]1CN[C@H](CS)CCN1. The second-order valence-electron chi connectivity index (χ2n) is 4.95. The Bertz CT molecular complexity index is 153. The van der Waals surface area contributed by atoms with E-state index in [-0.39, 0.29) is 0 Å². The number of thiol groups is 1. The highest BCUT2D eigenvalue weighted by Gasteiger charge is 2.26. The summed E-state index contributed by atoms with van der Waals surface area (Å²) in [5, 5.41) is 7.14. The molecule has 1 fully saturated rings. The van der Waals surface area contributed by atoms with Gasteiger partial charge >= 0.3 is 0 Å². The van der Waals surface area contributed by atoms with E-state index in [1.165, 1.54) is 6.42 Å². The molecule has 0 bridgehead atoms. The fourth-order valence-electron chi connectivity index (χ4n) is 1.66. The van der Waals surface area contributed by atoms with Gasteiger partial charge in [0.25, 0.3) is 0 Å². The first-order valence-corrected chi connectivity index (χ1v) is 5.75. The molecule has 2 N–H and O–H groups in total. The number of nitrogens with one attached hydrogen (secondary N) is 2. The van der Waals surface area contributed by atoms with Crippen LogP contribution in [0.25, 0.3) is 0 Å². The summed E-state index contributed by atoms with van der Waals surface area (Å²) in [5.74, 6) is 0.943. The highest BCUT2D eigenvalue weighted by Crippen LogP contribution is 2.20. The Hall–Kier alpha value is 0.270. The highest BCUT2D eigenvalue weighted by atomic mass is 32.1. The van der Waals surface area contributed by atoms with Gasteiger partial charge in [-0.2, -0.15) is 12.6 Å². The first-order valence-electron chi connectivity index (χ1n) is 5.11. The lowest BCUT2D eigenvalue weighted by atomic mass is 9.87. The van der Waals surface area contributed by atoms with Gasteiger partial charge in [-0.3, -0.25) is 0 Å². The third-order valence-corrected chi connectivity index (χ3v) is 3.20. The van der Waals surface area contributed by atoms with E-state index in [0.717, 1.165) is 18.8 Å². The number of rotatable bonds is 1. The van der Waals surface area contributed by atoms with Crippen LogP contribution in [0.3, 0.4) is 0 Å². The maximum absolute atomic E-state index is 4.32. The zero-order valence-electron chi connectivity index (χ0n) is 8.93. The van der Waals surface area contributed by atoms with Crippen LogP contribution in [0.2, 0.25) is 0 Å². The summed E-state index contributed by atoms with van der Waals surface area (Å²) in [5.41, 5.74) is 0.346. The van der Waals surface area contributed by atoms with Crippen molar-refractivity contribution in [2.45, 2.75) is 39.3 Å². The van der Waals surface area contributed by atoms with Crippen LogP contribution >= 0.6 is 12.6 Å². The summed E-state index contributed by atoms with van der Waals surface area (Å²) in [6.07, 6.45) is 1.19. The van der Waals surface area contributed by atoms with Crippen molar-refractivity contribution in [3.63, 3.8) is 0 Å². The molecule has 1 aliphatic heterocycles. The van der Waals surface area contributed by atoms with Crippen LogP contribution in [-0.2, 0) is 0 Å². The molecule has 0 aromatic carbocycles. The van der Waals surface area contributed by atoms with Gasteiger partial charge in [0.05, 0.1) is 0 Å². The molecule has 0 spiro atoms. The molecule has 0 aromatic heterocycles. The lowest BCUT2D eigenvalue weighted by Gasteiger charge is -2.30. The van der Waals surface area contributed by atoms with E-state index in [1.54, 1.807) is 0 Å². The van der Waals surface area contributed by atoms with Crippen LogP contribution in [0.5, 0.6) is 0 Å². The molecular weight excluding hydrogens is 180 g/mol. The molecule has 3 heteroatoms. The van der Waals surface area contributed by atoms with Gasteiger partial charge < -0.3 is 10.6 Å². The molecule has 0 aliphatic carbocycles. The molecule has 1 saturated heterocycles. The van der Waals surface area contributed by atoms with Crippen LogP contribution in [0.4, 0.5) is 0 Å². The monoisotopic (exact) mass is 202 g/mol. The Morgan fingerprint density at radius 3 is 2.54 bits per heavy atom. The third kappa shape index (κ3) is 3.49. The first kappa shape index (κ1) is 11.3. The number of hydrogen-bond donors (Lipinski definition) is 3. The maximum atomic E-state index is 4.32. The first-order chi connectivity index (χ1) is 6.04. The second-order valence-corrected chi connectivity index (χ2v) is 5.31. The molecule has 13 heavy (non-hydrogen) atoms. The zero-order chi connectivity index (χ0) is 9.90. The van der Waals surface area contributed by atoms with Crippen molar-refractivity contribution in [2.75, 3.05) is 18.8 Å². The molecule has 0 aromatic rings. The minimum absolute atomic E-state index is 0.346. The predicted octanol–water partition coefficient (Wildman–Crippen LogP) is 1.28. The summed E-state index contributed by atoms with van der Waals surface area (Å²) in [7, 11) is 0. The van der Waals surface area contributed by atoms with Gasteiger partial charge in [-0.05, 0) is 18.4 Å². The van der Waals surface area contributed by atoms with Crippen molar-refractivity contribution in [1.29, 1.82) is 0 Å². The van der Waals surface area contributed by atoms with E-state index in [9.17, 15) is 0 Å². The second kappa shape index (κ2) is 4.67. The van der Waals surface area contributed by atoms with Crippen molar-refractivity contribution in [3.8, 4) is 0 Å². The van der Waals surface area contributed by atoms with E-state index in [1.807, 2.05) is 0 Å². The lowest BCUT2D eigenvalue weighted by molar-refractivity contribution is 0.273. The van der Waals surface area contributed by atoms with Crippen LogP contribution in [0.15, 0.2) is 0 Å². The highest BCUT2D eigenvalue weighted by molar-refractivity contribution is 7.80. The summed E-state index contributed by atoms with van der Waals surface area (Å²) >= 11 is 4.32. The van der Waals surface area contributed by atoms with Crippen molar-refractivity contribution in [1.82, 2.24) is 10.6 Å². The number of hydrogen-bond acceptors (Lipinski definition) is 3. The Kier molecular flexibility index (Phi) is 4.07. The van der Waals surface area contributed by atoms with Crippen LogP contribution in [0, 0.1) is 5.41 Å². The average molecular weight is 202 g/mol. The van der Waals surface area contributed by atoms with Crippen molar-refractivity contribution in [2.24, 2.45) is 5.41 Å². The largest absolute Gasteiger partial charge is 0.312 e. The van der Waals surface area contributed by atoms with E-state index >= 15 is 0 Å². The summed E-state index contributed by atoms with van der Waals surface area (Å²) in [4.78, 5) is 0. The summed E-state index contributed by atoms with van der Waals surface area (Å²) in [6, 6.07) is 1.17. The minimum atomic E-state index is 0.346. The lowest BCUT2D eigenvalue weighted by Crippen LogP contribution is -2.45. The van der Waals surface area contributed by atoms with Gasteiger partial charge in [-0.15, -0.1) is 0 Å². The van der Waals surface area contributed by atoms with Crippen LogP contribution in [-0.4, -0.2) is 30.9 Å². The topological polar surface area (TPSA) is 24.1 Å². The summed E-state index contributed by atoms with van der Waals surface area (Å²) < 4.78 is 0. The third-order valence-electron chi connectivity index (χ3n) is 2.76. The van der Waals surface area contributed by atoms with Crippen molar-refractivity contribution < 1.29 is 0 Å². The zero-order valence-corrected chi connectivity index (χ0v) is 9.82. The van der Waals surface area contributed by atoms with Gasteiger partial charge in [-0.1, -0.05) is 20.8 Å².